The summed E-state index contributed by atoms with van der Waals surface area (Å²) in [6.45, 7) is 2.77. The highest BCUT2D eigenvalue weighted by molar-refractivity contribution is 9.10. The van der Waals surface area contributed by atoms with Crippen molar-refractivity contribution in [3.05, 3.63) is 55.1 Å². The van der Waals surface area contributed by atoms with Crippen LogP contribution in [-0.4, -0.2) is 24.9 Å². The molecule has 6 nitrogen and oxygen atoms in total. The Morgan fingerprint density at radius 1 is 1.06 bits per heavy atom. The van der Waals surface area contributed by atoms with Crippen LogP contribution < -0.4 is 11.2 Å². The third kappa shape index (κ3) is 6.35. The number of hydrogen-bond acceptors (Lipinski definition) is 4. The van der Waals surface area contributed by atoms with Gasteiger partial charge in [0.1, 0.15) is 0 Å². The molecule has 0 aliphatic rings. The lowest BCUT2D eigenvalue weighted by atomic mass is 10.1. The molecular weight excluding hydrogens is 476 g/mol. The van der Waals surface area contributed by atoms with Gasteiger partial charge in [-0.25, -0.2) is 9.78 Å². The minimum Gasteiger partial charge on any atom is -0.309 e. The van der Waals surface area contributed by atoms with Gasteiger partial charge in [-0.3, -0.25) is 14.3 Å². The molecule has 0 aliphatic heterocycles. The summed E-state index contributed by atoms with van der Waals surface area (Å²) in [4.78, 5) is 31.8. The predicted octanol–water partition coefficient (Wildman–Crippen LogP) is 5.47. The molecule has 3 aromatic rings. The van der Waals surface area contributed by atoms with Gasteiger partial charge in [0.25, 0.3) is 5.56 Å². The second kappa shape index (κ2) is 11.7. The van der Waals surface area contributed by atoms with Crippen molar-refractivity contribution in [3.8, 4) is 0 Å². The fraction of sp³-hybridized carbons (Fsp3) is 0.522. The molecular formula is C23H31BrN4O2S. The predicted molar refractivity (Wildman–Crippen MR) is 132 cm³/mol. The number of aromatic amines is 1. The molecule has 2 aromatic heterocycles. The molecule has 0 bridgehead atoms. The number of unbranched alkanes of at least 4 members (excludes halogenated alkanes) is 7. The Bertz CT molecular complexity index is 1120. The van der Waals surface area contributed by atoms with E-state index < -0.39 is 5.69 Å². The molecule has 0 radical (unpaired) electrons. The summed E-state index contributed by atoms with van der Waals surface area (Å²) in [6, 6.07) is 8.02. The van der Waals surface area contributed by atoms with Crippen LogP contribution in [0.5, 0.6) is 0 Å². The SMILES string of the molecule is CCCCCCCCCCSc1nc2c(c(=O)[nH]c(=O)n2C)n1Cc1cccc(Br)c1. The molecule has 0 spiro atoms. The molecule has 1 aromatic carbocycles. The van der Waals surface area contributed by atoms with Crippen molar-refractivity contribution in [2.24, 2.45) is 7.05 Å². The summed E-state index contributed by atoms with van der Waals surface area (Å²) in [5.74, 6) is 0.947. The molecule has 0 atom stereocenters. The zero-order valence-electron chi connectivity index (χ0n) is 18.3. The second-order valence-electron chi connectivity index (χ2n) is 7.92. The number of aryl methyl sites for hydroxylation is 1. The van der Waals surface area contributed by atoms with E-state index in [2.05, 4.69) is 32.8 Å². The van der Waals surface area contributed by atoms with E-state index in [0.29, 0.717) is 17.7 Å². The standard InChI is InChI=1S/C23H31BrN4O2S/c1-3-4-5-6-7-8-9-10-14-31-23-25-20-19(21(29)26-22(30)27(20)2)28(23)16-17-12-11-13-18(24)15-17/h11-13,15H,3-10,14,16H2,1-2H3,(H,26,29,30). The van der Waals surface area contributed by atoms with Crippen LogP contribution in [-0.2, 0) is 13.6 Å². The van der Waals surface area contributed by atoms with Crippen LogP contribution in [0, 0.1) is 0 Å². The molecule has 31 heavy (non-hydrogen) atoms. The first-order valence-corrected chi connectivity index (χ1v) is 12.9. The number of aromatic nitrogens is 4. The van der Waals surface area contributed by atoms with Gasteiger partial charge in [0.15, 0.2) is 16.3 Å². The van der Waals surface area contributed by atoms with Gasteiger partial charge in [-0.1, -0.05) is 91.7 Å². The second-order valence-corrected chi connectivity index (χ2v) is 9.90. The number of thioether (sulfide) groups is 1. The summed E-state index contributed by atoms with van der Waals surface area (Å²) in [6.07, 6.45) is 10.2. The molecule has 8 heteroatoms. The summed E-state index contributed by atoms with van der Waals surface area (Å²) >= 11 is 5.18. The maximum absolute atomic E-state index is 12.6. The van der Waals surface area contributed by atoms with Crippen molar-refractivity contribution in [2.45, 2.75) is 70.0 Å². The third-order valence-electron chi connectivity index (χ3n) is 5.43. The molecule has 0 aliphatic carbocycles. The minimum atomic E-state index is -0.441. The maximum atomic E-state index is 12.6. The zero-order chi connectivity index (χ0) is 22.2. The van der Waals surface area contributed by atoms with Crippen LogP contribution in [0.15, 0.2) is 43.5 Å². The van der Waals surface area contributed by atoms with Crippen molar-refractivity contribution in [1.29, 1.82) is 0 Å². The van der Waals surface area contributed by atoms with E-state index in [9.17, 15) is 9.59 Å². The van der Waals surface area contributed by atoms with Crippen LogP contribution in [0.1, 0.15) is 63.9 Å². The van der Waals surface area contributed by atoms with Gasteiger partial charge in [0.2, 0.25) is 0 Å². The fourth-order valence-electron chi connectivity index (χ4n) is 3.69. The number of imidazole rings is 1. The highest BCUT2D eigenvalue weighted by atomic mass is 79.9. The van der Waals surface area contributed by atoms with Crippen LogP contribution in [0.25, 0.3) is 11.2 Å². The van der Waals surface area contributed by atoms with E-state index in [-0.39, 0.29) is 5.56 Å². The number of halogens is 1. The van der Waals surface area contributed by atoms with Crippen molar-refractivity contribution in [3.63, 3.8) is 0 Å². The lowest BCUT2D eigenvalue weighted by molar-refractivity contribution is 0.586. The van der Waals surface area contributed by atoms with E-state index in [0.717, 1.165) is 27.4 Å². The van der Waals surface area contributed by atoms with Gasteiger partial charge < -0.3 is 4.57 Å². The topological polar surface area (TPSA) is 72.7 Å². The van der Waals surface area contributed by atoms with Crippen LogP contribution in [0.3, 0.4) is 0 Å². The Morgan fingerprint density at radius 2 is 1.77 bits per heavy atom. The summed E-state index contributed by atoms with van der Waals surface area (Å²) < 4.78 is 4.34. The van der Waals surface area contributed by atoms with E-state index in [1.54, 1.807) is 18.8 Å². The monoisotopic (exact) mass is 506 g/mol. The molecule has 3 rings (SSSR count). The normalized spacial score (nSPS) is 11.5. The Kier molecular flexibility index (Phi) is 9.02. The smallest absolute Gasteiger partial charge is 0.309 e. The van der Waals surface area contributed by atoms with Crippen molar-refractivity contribution in [1.82, 2.24) is 19.1 Å². The third-order valence-corrected chi connectivity index (χ3v) is 6.99. The van der Waals surface area contributed by atoms with Gasteiger partial charge in [-0.05, 0) is 24.1 Å². The zero-order valence-corrected chi connectivity index (χ0v) is 20.7. The van der Waals surface area contributed by atoms with Crippen LogP contribution >= 0.6 is 27.7 Å². The maximum Gasteiger partial charge on any atom is 0.329 e. The fourth-order valence-corrected chi connectivity index (χ4v) is 5.13. The first-order valence-electron chi connectivity index (χ1n) is 11.1. The van der Waals surface area contributed by atoms with Gasteiger partial charge in [-0.2, -0.15) is 0 Å². The largest absolute Gasteiger partial charge is 0.329 e. The number of hydrogen-bond donors (Lipinski definition) is 1. The van der Waals surface area contributed by atoms with E-state index in [1.165, 1.54) is 49.5 Å². The van der Waals surface area contributed by atoms with Crippen LogP contribution in [0.4, 0.5) is 0 Å². The number of fused-ring (bicyclic) bond motifs is 1. The molecule has 0 saturated carbocycles. The molecule has 0 fully saturated rings. The van der Waals surface area contributed by atoms with Gasteiger partial charge in [-0.15, -0.1) is 0 Å². The molecule has 1 N–H and O–H groups in total. The summed E-state index contributed by atoms with van der Waals surface area (Å²) in [7, 11) is 1.64. The van der Waals surface area contributed by atoms with Crippen molar-refractivity contribution < 1.29 is 0 Å². The molecule has 0 unspecified atom stereocenters. The van der Waals surface area contributed by atoms with Gasteiger partial charge in [0.05, 0.1) is 6.54 Å². The highest BCUT2D eigenvalue weighted by Gasteiger charge is 2.18. The van der Waals surface area contributed by atoms with Gasteiger partial charge >= 0.3 is 5.69 Å². The number of nitrogens with one attached hydrogen (secondary N) is 1. The Balaban J connectivity index is 1.74. The van der Waals surface area contributed by atoms with Gasteiger partial charge in [0, 0.05) is 17.3 Å². The number of H-pyrrole nitrogens is 1. The lowest BCUT2D eigenvalue weighted by Gasteiger charge is -2.09. The Morgan fingerprint density at radius 3 is 2.48 bits per heavy atom. The van der Waals surface area contributed by atoms with E-state index in [1.807, 2.05) is 28.8 Å². The average Bonchev–Trinajstić information content (AvgIpc) is 3.10. The van der Waals surface area contributed by atoms with E-state index in [4.69, 9.17) is 0 Å². The molecule has 0 saturated heterocycles. The minimum absolute atomic E-state index is 0.389. The molecule has 168 valence electrons. The summed E-state index contributed by atoms with van der Waals surface area (Å²) in [5, 5.41) is 0.782. The number of nitrogens with zero attached hydrogens (tertiary/aromatic N) is 3. The number of benzene rings is 1. The van der Waals surface area contributed by atoms with Crippen LogP contribution in [0.2, 0.25) is 0 Å². The first kappa shape index (κ1) is 23.9. The quantitative estimate of drug-likeness (QED) is 0.261. The Hall–Kier alpha value is -1.80. The first-order chi connectivity index (χ1) is 15.0. The average molecular weight is 507 g/mol. The molecule has 0 amide bonds. The lowest BCUT2D eigenvalue weighted by Crippen LogP contribution is -2.29. The van der Waals surface area contributed by atoms with Crippen molar-refractivity contribution >= 4 is 38.9 Å². The number of rotatable bonds is 12. The summed E-state index contributed by atoms with van der Waals surface area (Å²) in [5.41, 5.74) is 1.11. The molecule has 2 heterocycles. The van der Waals surface area contributed by atoms with E-state index >= 15 is 0 Å². The highest BCUT2D eigenvalue weighted by Crippen LogP contribution is 2.25. The Labute approximate surface area is 195 Å². The van der Waals surface area contributed by atoms with Crippen molar-refractivity contribution in [2.75, 3.05) is 5.75 Å².